The van der Waals surface area contributed by atoms with Crippen LogP contribution in [-0.4, -0.2) is 24.6 Å². The third kappa shape index (κ3) is 4.29. The van der Waals surface area contributed by atoms with E-state index in [1.807, 2.05) is 12.1 Å². The van der Waals surface area contributed by atoms with Crippen LogP contribution in [0.4, 0.5) is 0 Å². The first-order chi connectivity index (χ1) is 10.8. The van der Waals surface area contributed by atoms with Crippen molar-refractivity contribution < 1.29 is 4.79 Å². The molecule has 22 heavy (non-hydrogen) atoms. The topological polar surface area (TPSA) is 55.5 Å². The van der Waals surface area contributed by atoms with Crippen LogP contribution in [0, 0.1) is 12.1 Å². The Labute approximate surface area is 133 Å². The fraction of sp³-hybridized carbons (Fsp3) is 0.474. The van der Waals surface area contributed by atoms with Gasteiger partial charge in [-0.1, -0.05) is 31.6 Å². The molecule has 0 aliphatic carbocycles. The Balaban J connectivity index is 2.10. The normalized spacial score (nSPS) is 14.1. The number of carbonyl (C=O) groups excluding carboxylic acids is 1. The lowest BCUT2D eigenvalue weighted by molar-refractivity contribution is 0.0980. The minimum atomic E-state index is 0.147. The molecule has 1 aromatic carbocycles. The van der Waals surface area contributed by atoms with E-state index in [2.05, 4.69) is 30.1 Å². The van der Waals surface area contributed by atoms with E-state index in [1.54, 1.807) is 0 Å². The van der Waals surface area contributed by atoms with Gasteiger partial charge in [-0.2, -0.15) is 0 Å². The van der Waals surface area contributed by atoms with E-state index in [0.717, 1.165) is 49.9 Å². The molecule has 2 N–H and O–H groups in total. The van der Waals surface area contributed by atoms with E-state index >= 15 is 0 Å². The molecule has 1 heterocycles. The first kappa shape index (κ1) is 16.5. The molecule has 0 amide bonds. The molecule has 0 saturated heterocycles. The summed E-state index contributed by atoms with van der Waals surface area (Å²) in [7, 11) is 0. The number of hydrogen-bond acceptors (Lipinski definition) is 3. The second kappa shape index (κ2) is 8.51. The molecule has 3 nitrogen and oxygen atoms in total. The molecule has 0 aromatic heterocycles. The van der Waals surface area contributed by atoms with Crippen LogP contribution in [0.3, 0.4) is 0 Å². The van der Waals surface area contributed by atoms with E-state index < -0.39 is 0 Å². The number of rotatable bonds is 8. The van der Waals surface area contributed by atoms with Crippen LogP contribution in [-0.2, 0) is 0 Å². The van der Waals surface area contributed by atoms with Crippen molar-refractivity contribution in [2.45, 2.75) is 45.4 Å². The maximum Gasteiger partial charge on any atom is 0.171 e. The number of carbonyl (C=O) groups is 1. The number of allylic oxidation sites excluding steroid dienone is 1. The van der Waals surface area contributed by atoms with Crippen molar-refractivity contribution in [3.05, 3.63) is 47.0 Å². The Morgan fingerprint density at radius 3 is 2.86 bits per heavy atom. The van der Waals surface area contributed by atoms with Crippen LogP contribution in [0.2, 0.25) is 0 Å². The molecule has 0 saturated carbocycles. The summed E-state index contributed by atoms with van der Waals surface area (Å²) < 4.78 is 0. The zero-order valence-electron chi connectivity index (χ0n) is 13.3. The van der Waals surface area contributed by atoms with E-state index in [-0.39, 0.29) is 5.78 Å². The van der Waals surface area contributed by atoms with Crippen molar-refractivity contribution in [1.29, 1.82) is 0 Å². The van der Waals surface area contributed by atoms with Crippen LogP contribution in [0.1, 0.15) is 61.4 Å². The van der Waals surface area contributed by atoms with Crippen molar-refractivity contribution in [2.24, 2.45) is 10.7 Å². The van der Waals surface area contributed by atoms with Crippen molar-refractivity contribution in [3.8, 4) is 0 Å². The van der Waals surface area contributed by atoms with Crippen LogP contribution in [0.5, 0.6) is 0 Å². The number of nitrogens with zero attached hydrogens (tertiary/aromatic N) is 1. The smallest absolute Gasteiger partial charge is 0.171 e. The van der Waals surface area contributed by atoms with Gasteiger partial charge in [0, 0.05) is 13.0 Å². The molecule has 0 atom stereocenters. The molecule has 1 aliphatic heterocycles. The van der Waals surface area contributed by atoms with Gasteiger partial charge in [-0.05, 0) is 49.9 Å². The summed E-state index contributed by atoms with van der Waals surface area (Å²) in [4.78, 5) is 16.6. The number of ketones is 1. The molecule has 0 fully saturated rings. The molecule has 116 valence electrons. The van der Waals surface area contributed by atoms with Crippen molar-refractivity contribution in [1.82, 2.24) is 0 Å². The summed E-state index contributed by atoms with van der Waals surface area (Å²) >= 11 is 0. The fourth-order valence-electron chi connectivity index (χ4n) is 2.54. The number of hydrogen-bond donors (Lipinski definition) is 1. The van der Waals surface area contributed by atoms with Crippen LogP contribution in [0.15, 0.2) is 28.8 Å². The fourth-order valence-corrected chi connectivity index (χ4v) is 2.54. The third-order valence-corrected chi connectivity index (χ3v) is 3.81. The Kier molecular flexibility index (Phi) is 6.36. The van der Waals surface area contributed by atoms with Gasteiger partial charge in [-0.3, -0.25) is 9.79 Å². The number of unbranched alkanes of at least 4 members (excludes halogenated alkanes) is 1. The first-order valence-electron chi connectivity index (χ1n) is 8.17. The predicted octanol–water partition coefficient (Wildman–Crippen LogP) is 3.52. The highest BCUT2D eigenvalue weighted by molar-refractivity contribution is 6.12. The van der Waals surface area contributed by atoms with Crippen molar-refractivity contribution in [3.63, 3.8) is 0 Å². The molecule has 1 aliphatic rings. The summed E-state index contributed by atoms with van der Waals surface area (Å²) in [6.07, 6.45) is 7.67. The van der Waals surface area contributed by atoms with Gasteiger partial charge >= 0.3 is 0 Å². The number of dihydropyridines is 1. The molecular formula is C19H24N2O. The van der Waals surface area contributed by atoms with E-state index in [1.165, 1.54) is 5.57 Å². The summed E-state index contributed by atoms with van der Waals surface area (Å²) in [5.41, 5.74) is 9.39. The predicted molar refractivity (Wildman–Crippen MR) is 90.4 cm³/mol. The summed E-state index contributed by atoms with van der Waals surface area (Å²) in [6, 6.07) is 9.92. The standard InChI is InChI=1S/C19H24N2O/c1-2-3-8-18(22)15-9-11-17(12-10-15)19-16(6-4-13-20)7-5-14-21-19/h7,9,11H,2-6,8,13-14,20H2,1H3. The molecular weight excluding hydrogens is 272 g/mol. The van der Waals surface area contributed by atoms with Crippen molar-refractivity contribution >= 4 is 11.5 Å². The van der Waals surface area contributed by atoms with Crippen LogP contribution < -0.4 is 5.73 Å². The lowest BCUT2D eigenvalue weighted by Crippen LogP contribution is -2.12. The molecule has 3 heteroatoms. The van der Waals surface area contributed by atoms with E-state index in [0.29, 0.717) is 18.5 Å². The van der Waals surface area contributed by atoms with Gasteiger partial charge in [-0.15, -0.1) is 0 Å². The maximum absolute atomic E-state index is 12.0. The molecule has 0 unspecified atom stereocenters. The largest absolute Gasteiger partial charge is 0.330 e. The van der Waals surface area contributed by atoms with Gasteiger partial charge in [0.05, 0.1) is 16.8 Å². The Morgan fingerprint density at radius 1 is 1.32 bits per heavy atom. The van der Waals surface area contributed by atoms with E-state index in [9.17, 15) is 4.79 Å². The molecule has 0 radical (unpaired) electrons. The summed E-state index contributed by atoms with van der Waals surface area (Å²) in [6.45, 7) is 3.58. The Morgan fingerprint density at radius 2 is 2.18 bits per heavy atom. The minimum absolute atomic E-state index is 0.147. The van der Waals surface area contributed by atoms with Crippen molar-refractivity contribution in [2.75, 3.05) is 13.1 Å². The highest BCUT2D eigenvalue weighted by Crippen LogP contribution is 2.18. The molecule has 0 bridgehead atoms. The van der Waals surface area contributed by atoms with Gasteiger partial charge in [0.25, 0.3) is 0 Å². The summed E-state index contributed by atoms with van der Waals surface area (Å²) in [5, 5.41) is 0. The average molecular weight is 296 g/mol. The molecule has 1 aromatic rings. The second-order valence-electron chi connectivity index (χ2n) is 5.58. The highest BCUT2D eigenvalue weighted by atomic mass is 16.1. The monoisotopic (exact) mass is 296 g/mol. The number of aliphatic imine (C=N–C) groups is 1. The number of Topliss-reactive ketones (excluding diaryl/α,β-unsaturated/α-hetero) is 1. The van der Waals surface area contributed by atoms with Crippen LogP contribution >= 0.6 is 0 Å². The molecule has 0 spiro atoms. The maximum atomic E-state index is 12.0. The van der Waals surface area contributed by atoms with Gasteiger partial charge in [0.2, 0.25) is 0 Å². The minimum Gasteiger partial charge on any atom is -0.330 e. The average Bonchev–Trinajstić information content (AvgIpc) is 2.58. The highest BCUT2D eigenvalue weighted by Gasteiger charge is 2.13. The van der Waals surface area contributed by atoms with Gasteiger partial charge < -0.3 is 5.73 Å². The Bertz CT molecular complexity index is 555. The zero-order valence-corrected chi connectivity index (χ0v) is 13.3. The SMILES string of the molecule is CCCCC(=O)c1c#cc(C2=NCCC=C2CCCN)cc1. The Hall–Kier alpha value is -1.92. The lowest BCUT2D eigenvalue weighted by Gasteiger charge is -2.14. The first-order valence-corrected chi connectivity index (χ1v) is 8.17. The molecule has 2 rings (SSSR count). The zero-order chi connectivity index (χ0) is 15.8. The van der Waals surface area contributed by atoms with E-state index in [4.69, 9.17) is 5.73 Å². The quantitative estimate of drug-likeness (QED) is 0.746. The second-order valence-corrected chi connectivity index (χ2v) is 5.58. The lowest BCUT2D eigenvalue weighted by atomic mass is 9.95. The number of nitrogens with two attached hydrogens (primary N) is 1. The van der Waals surface area contributed by atoms with Gasteiger partial charge in [0.1, 0.15) is 0 Å². The summed E-state index contributed by atoms with van der Waals surface area (Å²) in [5.74, 6) is 0.147. The van der Waals surface area contributed by atoms with Crippen LogP contribution in [0.25, 0.3) is 0 Å². The van der Waals surface area contributed by atoms with Gasteiger partial charge in [-0.25, -0.2) is 0 Å². The third-order valence-electron chi connectivity index (χ3n) is 3.81. The van der Waals surface area contributed by atoms with Gasteiger partial charge in [0.15, 0.2) is 5.78 Å².